The molecule has 21 heavy (non-hydrogen) atoms. The van der Waals surface area contributed by atoms with Gasteiger partial charge in [-0.15, -0.1) is 11.3 Å². The van der Waals surface area contributed by atoms with Gasteiger partial charge in [0.2, 0.25) is 0 Å². The lowest BCUT2D eigenvalue weighted by atomic mass is 10.3. The van der Waals surface area contributed by atoms with Gasteiger partial charge in [-0.1, -0.05) is 6.92 Å². The molecular formula is C14H19N3O2S2. The van der Waals surface area contributed by atoms with Gasteiger partial charge in [0, 0.05) is 28.7 Å². The van der Waals surface area contributed by atoms with Gasteiger partial charge in [-0.05, 0) is 38.1 Å². The molecule has 0 aliphatic rings. The molecule has 0 bridgehead atoms. The molecule has 0 unspecified atom stereocenters. The lowest BCUT2D eigenvalue weighted by Gasteiger charge is -2.06. The molecule has 0 fully saturated rings. The zero-order valence-electron chi connectivity index (χ0n) is 12.1. The maximum atomic E-state index is 12.3. The van der Waals surface area contributed by atoms with Crippen LogP contribution in [0.5, 0.6) is 0 Å². The molecule has 5 nitrogen and oxygen atoms in total. The van der Waals surface area contributed by atoms with E-state index in [1.54, 1.807) is 29.8 Å². The molecular weight excluding hydrogens is 306 g/mol. The summed E-state index contributed by atoms with van der Waals surface area (Å²) >= 11 is 1.45. The highest BCUT2D eigenvalue weighted by molar-refractivity contribution is 7.92. The largest absolute Gasteiger partial charge is 0.312 e. The highest BCUT2D eigenvalue weighted by Crippen LogP contribution is 2.22. The summed E-state index contributed by atoms with van der Waals surface area (Å²) in [5.74, 6) is 0. The molecule has 0 saturated heterocycles. The second-order valence-corrected chi connectivity index (χ2v) is 7.40. The molecule has 0 saturated carbocycles. The Morgan fingerprint density at radius 1 is 1.33 bits per heavy atom. The topological polar surface area (TPSA) is 71.1 Å². The number of nitrogens with one attached hydrogen (secondary N) is 2. The van der Waals surface area contributed by atoms with Gasteiger partial charge < -0.3 is 5.32 Å². The Morgan fingerprint density at radius 2 is 2.14 bits per heavy atom. The number of aromatic nitrogens is 1. The third-order valence-electron chi connectivity index (χ3n) is 2.81. The van der Waals surface area contributed by atoms with Crippen LogP contribution in [0.3, 0.4) is 0 Å². The zero-order chi connectivity index (χ0) is 15.3. The predicted molar refractivity (Wildman–Crippen MR) is 86.1 cm³/mol. The molecule has 2 aromatic heterocycles. The van der Waals surface area contributed by atoms with Gasteiger partial charge in [0.15, 0.2) is 0 Å². The van der Waals surface area contributed by atoms with Crippen LogP contribution < -0.4 is 10.0 Å². The summed E-state index contributed by atoms with van der Waals surface area (Å²) in [6.07, 6.45) is 2.64. The maximum Gasteiger partial charge on any atom is 0.262 e. The second kappa shape index (κ2) is 7.02. The number of aryl methyl sites for hydroxylation is 1. The van der Waals surface area contributed by atoms with E-state index in [1.165, 1.54) is 11.3 Å². The lowest BCUT2D eigenvalue weighted by Crippen LogP contribution is -2.14. The fraction of sp³-hybridized carbons (Fsp3) is 0.357. The van der Waals surface area contributed by atoms with Gasteiger partial charge in [-0.2, -0.15) is 0 Å². The van der Waals surface area contributed by atoms with Crippen molar-refractivity contribution in [3.8, 4) is 0 Å². The molecule has 2 rings (SSSR count). The first-order valence-corrected chi connectivity index (χ1v) is 9.11. The zero-order valence-corrected chi connectivity index (χ0v) is 13.7. The summed E-state index contributed by atoms with van der Waals surface area (Å²) in [7, 11) is -3.53. The van der Waals surface area contributed by atoms with Gasteiger partial charge >= 0.3 is 0 Å². The Bertz CT molecular complexity index is 696. The van der Waals surface area contributed by atoms with E-state index in [4.69, 9.17) is 0 Å². The third-order valence-corrected chi connectivity index (χ3v) is 5.26. The summed E-state index contributed by atoms with van der Waals surface area (Å²) in [5, 5.41) is 4.93. The van der Waals surface area contributed by atoms with Gasteiger partial charge in [0.05, 0.1) is 10.6 Å². The number of pyridine rings is 1. The van der Waals surface area contributed by atoms with Crippen LogP contribution >= 0.6 is 11.3 Å². The van der Waals surface area contributed by atoms with Crippen molar-refractivity contribution in [3.05, 3.63) is 40.3 Å². The molecule has 0 aromatic carbocycles. The number of hydrogen-bond donors (Lipinski definition) is 2. The van der Waals surface area contributed by atoms with E-state index in [1.807, 2.05) is 6.92 Å². The van der Waals surface area contributed by atoms with E-state index in [2.05, 4.69) is 21.9 Å². The minimum atomic E-state index is -3.53. The van der Waals surface area contributed by atoms with E-state index in [9.17, 15) is 8.42 Å². The molecule has 2 heterocycles. The normalized spacial score (nSPS) is 11.5. The fourth-order valence-corrected chi connectivity index (χ4v) is 4.10. The Morgan fingerprint density at radius 3 is 2.86 bits per heavy atom. The van der Waals surface area contributed by atoms with Gasteiger partial charge in [0.1, 0.15) is 0 Å². The van der Waals surface area contributed by atoms with Gasteiger partial charge in [-0.3, -0.25) is 9.71 Å². The number of rotatable bonds is 7. The summed E-state index contributed by atoms with van der Waals surface area (Å²) in [6.45, 7) is 5.54. The monoisotopic (exact) mass is 325 g/mol. The van der Waals surface area contributed by atoms with E-state index >= 15 is 0 Å². The molecule has 0 aliphatic heterocycles. The standard InChI is InChI=1S/C14H19N3O2S2/c1-3-5-15-9-13-8-14(10-20-13)21(18,19)17-12-4-6-16-11(2)7-12/h4,6-8,10,15H,3,5,9H2,1-2H3,(H,16,17). The van der Waals surface area contributed by atoms with Crippen LogP contribution in [0.25, 0.3) is 0 Å². The Balaban J connectivity index is 2.09. The molecule has 7 heteroatoms. The highest BCUT2D eigenvalue weighted by atomic mass is 32.2. The summed E-state index contributed by atoms with van der Waals surface area (Å²) in [4.78, 5) is 5.36. The van der Waals surface area contributed by atoms with Gasteiger partial charge in [-0.25, -0.2) is 8.42 Å². The fourth-order valence-electron chi connectivity index (χ4n) is 1.81. The molecule has 2 aromatic rings. The Kier molecular flexibility index (Phi) is 5.33. The van der Waals surface area contributed by atoms with Crippen molar-refractivity contribution in [3.63, 3.8) is 0 Å². The smallest absolute Gasteiger partial charge is 0.262 e. The van der Waals surface area contributed by atoms with Crippen LogP contribution in [0.15, 0.2) is 34.7 Å². The van der Waals surface area contributed by atoms with Crippen molar-refractivity contribution in [1.82, 2.24) is 10.3 Å². The average molecular weight is 325 g/mol. The summed E-state index contributed by atoms with van der Waals surface area (Å²) in [6, 6.07) is 5.05. The average Bonchev–Trinajstić information content (AvgIpc) is 2.88. The predicted octanol–water partition coefficient (Wildman–Crippen LogP) is 2.75. The quantitative estimate of drug-likeness (QED) is 0.768. The van der Waals surface area contributed by atoms with Crippen LogP contribution in [0.2, 0.25) is 0 Å². The van der Waals surface area contributed by atoms with Crippen LogP contribution in [0.1, 0.15) is 23.9 Å². The maximum absolute atomic E-state index is 12.3. The van der Waals surface area contributed by atoms with E-state index in [0.717, 1.165) is 23.5 Å². The SMILES string of the molecule is CCCNCc1cc(S(=O)(=O)Nc2ccnc(C)c2)cs1. The number of anilines is 1. The van der Waals surface area contributed by atoms with Crippen molar-refractivity contribution in [1.29, 1.82) is 0 Å². The third kappa shape index (κ3) is 4.52. The van der Waals surface area contributed by atoms with E-state index in [0.29, 0.717) is 17.1 Å². The van der Waals surface area contributed by atoms with Gasteiger partial charge in [0.25, 0.3) is 10.0 Å². The summed E-state index contributed by atoms with van der Waals surface area (Å²) < 4.78 is 27.2. The molecule has 114 valence electrons. The van der Waals surface area contributed by atoms with Crippen LogP contribution in [-0.4, -0.2) is 19.9 Å². The first-order valence-electron chi connectivity index (χ1n) is 6.75. The Labute approximate surface area is 129 Å². The number of hydrogen-bond acceptors (Lipinski definition) is 5. The minimum absolute atomic E-state index is 0.301. The number of nitrogens with zero attached hydrogens (tertiary/aromatic N) is 1. The van der Waals surface area contributed by atoms with Crippen LogP contribution in [0.4, 0.5) is 5.69 Å². The molecule has 0 aliphatic carbocycles. The van der Waals surface area contributed by atoms with Crippen molar-refractivity contribution in [2.75, 3.05) is 11.3 Å². The molecule has 0 radical (unpaired) electrons. The molecule has 0 atom stereocenters. The van der Waals surface area contributed by atoms with Crippen molar-refractivity contribution < 1.29 is 8.42 Å². The number of thiophene rings is 1. The minimum Gasteiger partial charge on any atom is -0.312 e. The Hall–Kier alpha value is -1.44. The highest BCUT2D eigenvalue weighted by Gasteiger charge is 2.16. The van der Waals surface area contributed by atoms with Crippen molar-refractivity contribution in [2.24, 2.45) is 0 Å². The summed E-state index contributed by atoms with van der Waals surface area (Å²) in [5.41, 5.74) is 1.30. The van der Waals surface area contributed by atoms with Crippen LogP contribution in [-0.2, 0) is 16.6 Å². The first-order chi connectivity index (χ1) is 10.0. The van der Waals surface area contributed by atoms with Crippen molar-refractivity contribution in [2.45, 2.75) is 31.7 Å². The second-order valence-electron chi connectivity index (χ2n) is 4.72. The van der Waals surface area contributed by atoms with Crippen molar-refractivity contribution >= 4 is 27.0 Å². The molecule has 0 spiro atoms. The molecule has 0 amide bonds. The van der Waals surface area contributed by atoms with E-state index < -0.39 is 10.0 Å². The lowest BCUT2D eigenvalue weighted by molar-refractivity contribution is 0.601. The molecule has 2 N–H and O–H groups in total. The first kappa shape index (κ1) is 15.9. The van der Waals surface area contributed by atoms with E-state index in [-0.39, 0.29) is 0 Å². The van der Waals surface area contributed by atoms with Crippen LogP contribution in [0, 0.1) is 6.92 Å². The number of sulfonamides is 1.